The van der Waals surface area contributed by atoms with Crippen molar-refractivity contribution in [2.45, 2.75) is 6.42 Å². The Bertz CT molecular complexity index is 555. The first-order chi connectivity index (χ1) is 9.80. The Morgan fingerprint density at radius 3 is 2.48 bits per heavy atom. The molecule has 118 valence electrons. The van der Waals surface area contributed by atoms with Crippen LogP contribution in [0.25, 0.3) is 0 Å². The first-order valence-electron chi connectivity index (χ1n) is 6.46. The minimum Gasteiger partial charge on any atom is -0.492 e. The van der Waals surface area contributed by atoms with Crippen LogP contribution in [0.1, 0.15) is 6.42 Å². The van der Waals surface area contributed by atoms with E-state index in [1.165, 1.54) is 4.90 Å². The molecule has 1 aromatic carbocycles. The molecule has 21 heavy (non-hydrogen) atoms. The number of carbonyl (C=O) groups excluding carboxylic acids is 1. The number of nitrogen functional groups attached to an aromatic ring is 1. The normalized spacial score (nSPS) is 11.1. The number of anilines is 1. The molecule has 0 spiro atoms. The summed E-state index contributed by atoms with van der Waals surface area (Å²) in [5.74, 6) is 0.256. The highest BCUT2D eigenvalue weighted by molar-refractivity contribution is 7.89. The van der Waals surface area contributed by atoms with Gasteiger partial charge in [-0.1, -0.05) is 0 Å². The highest BCUT2D eigenvalue weighted by atomic mass is 32.2. The summed E-state index contributed by atoms with van der Waals surface area (Å²) < 4.78 is 31.1. The molecule has 0 radical (unpaired) electrons. The zero-order valence-corrected chi connectivity index (χ0v) is 13.0. The van der Waals surface area contributed by atoms with Crippen LogP contribution in [0.3, 0.4) is 0 Å². The molecule has 8 heteroatoms. The number of hydrogen-bond acceptors (Lipinski definition) is 5. The Labute approximate surface area is 125 Å². The average molecular weight is 315 g/mol. The maximum atomic E-state index is 11.7. The maximum absolute atomic E-state index is 11.7. The zero-order valence-electron chi connectivity index (χ0n) is 12.2. The summed E-state index contributed by atoms with van der Waals surface area (Å²) in [6, 6.07) is 6.69. The molecule has 1 amide bonds. The van der Waals surface area contributed by atoms with Crippen LogP contribution in [0.4, 0.5) is 5.69 Å². The van der Waals surface area contributed by atoms with E-state index in [1.807, 2.05) is 0 Å². The van der Waals surface area contributed by atoms with Crippen molar-refractivity contribution in [3.05, 3.63) is 24.3 Å². The zero-order chi connectivity index (χ0) is 15.9. The molecule has 0 aliphatic heterocycles. The van der Waals surface area contributed by atoms with Crippen molar-refractivity contribution in [1.29, 1.82) is 0 Å². The number of rotatable bonds is 8. The number of nitrogens with two attached hydrogens (primary N) is 1. The van der Waals surface area contributed by atoms with Crippen molar-refractivity contribution < 1.29 is 17.9 Å². The number of amides is 1. The molecule has 7 nitrogen and oxygen atoms in total. The van der Waals surface area contributed by atoms with Gasteiger partial charge in [0.15, 0.2) is 0 Å². The standard InChI is InChI=1S/C13H21N3O4S/c1-16(2)13(17)7-8-15-21(18,19)10-9-20-12-5-3-11(14)4-6-12/h3-6,15H,7-10,14H2,1-2H3. The smallest absolute Gasteiger partial charge is 0.223 e. The molecule has 0 aliphatic rings. The quantitative estimate of drug-likeness (QED) is 0.660. The van der Waals surface area contributed by atoms with Crippen LogP contribution in [0.2, 0.25) is 0 Å². The SMILES string of the molecule is CN(C)C(=O)CCNS(=O)(=O)CCOc1ccc(N)cc1. The second kappa shape index (κ2) is 7.84. The van der Waals surface area contributed by atoms with Crippen LogP contribution < -0.4 is 15.2 Å². The highest BCUT2D eigenvalue weighted by Crippen LogP contribution is 2.12. The predicted molar refractivity (Wildman–Crippen MR) is 81.4 cm³/mol. The molecule has 0 fully saturated rings. The molecular weight excluding hydrogens is 294 g/mol. The van der Waals surface area contributed by atoms with E-state index < -0.39 is 10.0 Å². The first kappa shape index (κ1) is 17.3. The Morgan fingerprint density at radius 1 is 1.29 bits per heavy atom. The number of carbonyl (C=O) groups is 1. The highest BCUT2D eigenvalue weighted by Gasteiger charge is 2.11. The van der Waals surface area contributed by atoms with Crippen molar-refractivity contribution in [1.82, 2.24) is 9.62 Å². The van der Waals surface area contributed by atoms with Crippen LogP contribution >= 0.6 is 0 Å². The molecule has 0 aromatic heterocycles. The molecule has 0 heterocycles. The number of sulfonamides is 1. The number of ether oxygens (including phenoxy) is 1. The van der Waals surface area contributed by atoms with E-state index in [4.69, 9.17) is 10.5 Å². The van der Waals surface area contributed by atoms with Crippen LogP contribution in [0.15, 0.2) is 24.3 Å². The van der Waals surface area contributed by atoms with Crippen molar-refractivity contribution in [2.75, 3.05) is 38.7 Å². The van der Waals surface area contributed by atoms with Crippen LogP contribution in [-0.4, -0.2) is 52.2 Å². The predicted octanol–water partition coefficient (Wildman–Crippen LogP) is 0.0453. The summed E-state index contributed by atoms with van der Waals surface area (Å²) in [5, 5.41) is 0. The molecule has 1 aromatic rings. The van der Waals surface area contributed by atoms with Crippen LogP contribution in [0, 0.1) is 0 Å². The third-order valence-corrected chi connectivity index (χ3v) is 4.01. The van der Waals surface area contributed by atoms with E-state index >= 15 is 0 Å². The van der Waals surface area contributed by atoms with Crippen molar-refractivity contribution in [2.24, 2.45) is 0 Å². The van der Waals surface area contributed by atoms with Gasteiger partial charge in [-0.3, -0.25) is 4.79 Å². The fourth-order valence-corrected chi connectivity index (χ4v) is 2.30. The van der Waals surface area contributed by atoms with E-state index in [0.717, 1.165) is 0 Å². The topological polar surface area (TPSA) is 102 Å². The van der Waals surface area contributed by atoms with Crippen molar-refractivity contribution in [3.63, 3.8) is 0 Å². The minimum atomic E-state index is -3.45. The van der Waals surface area contributed by atoms with E-state index in [1.54, 1.807) is 38.4 Å². The first-order valence-corrected chi connectivity index (χ1v) is 8.11. The van der Waals surface area contributed by atoms with Crippen LogP contribution in [-0.2, 0) is 14.8 Å². The molecule has 0 saturated carbocycles. The summed E-state index contributed by atoms with van der Waals surface area (Å²) >= 11 is 0. The summed E-state index contributed by atoms with van der Waals surface area (Å²) in [6.07, 6.45) is 0.130. The summed E-state index contributed by atoms with van der Waals surface area (Å²) in [5.41, 5.74) is 6.15. The molecule has 1 rings (SSSR count). The van der Waals surface area contributed by atoms with Gasteiger partial charge in [-0.05, 0) is 24.3 Å². The van der Waals surface area contributed by atoms with E-state index in [2.05, 4.69) is 4.72 Å². The van der Waals surface area contributed by atoms with E-state index in [9.17, 15) is 13.2 Å². The average Bonchev–Trinajstić information content (AvgIpc) is 2.40. The van der Waals surface area contributed by atoms with Gasteiger partial charge < -0.3 is 15.4 Å². The lowest BCUT2D eigenvalue weighted by Crippen LogP contribution is -2.33. The lowest BCUT2D eigenvalue weighted by atomic mass is 10.3. The van der Waals surface area contributed by atoms with Gasteiger partial charge in [-0.2, -0.15) is 0 Å². The molecular formula is C13H21N3O4S. The molecule has 0 atom stereocenters. The number of hydrogen-bond donors (Lipinski definition) is 2. The second-order valence-electron chi connectivity index (χ2n) is 4.67. The summed E-state index contributed by atoms with van der Waals surface area (Å²) in [6.45, 7) is 0.113. The van der Waals surface area contributed by atoms with Crippen LogP contribution in [0.5, 0.6) is 5.75 Å². The van der Waals surface area contributed by atoms with Gasteiger partial charge in [0.1, 0.15) is 12.4 Å². The maximum Gasteiger partial charge on any atom is 0.223 e. The van der Waals surface area contributed by atoms with E-state index in [-0.39, 0.29) is 31.2 Å². The largest absolute Gasteiger partial charge is 0.492 e. The van der Waals surface area contributed by atoms with Gasteiger partial charge in [0.2, 0.25) is 15.9 Å². The number of nitrogens with zero attached hydrogens (tertiary/aromatic N) is 1. The molecule has 0 aliphatic carbocycles. The molecule has 0 bridgehead atoms. The summed E-state index contributed by atoms with van der Waals surface area (Å²) in [7, 11) is -0.207. The third-order valence-electron chi connectivity index (χ3n) is 2.66. The molecule has 0 saturated heterocycles. The van der Waals surface area contributed by atoms with Gasteiger partial charge in [0.25, 0.3) is 0 Å². The fraction of sp³-hybridized carbons (Fsp3) is 0.462. The Morgan fingerprint density at radius 2 is 1.90 bits per heavy atom. The lowest BCUT2D eigenvalue weighted by Gasteiger charge is -2.11. The van der Waals surface area contributed by atoms with E-state index in [0.29, 0.717) is 11.4 Å². The Balaban J connectivity index is 2.29. The van der Waals surface area contributed by atoms with Gasteiger partial charge in [0, 0.05) is 32.7 Å². The lowest BCUT2D eigenvalue weighted by molar-refractivity contribution is -0.128. The third kappa shape index (κ3) is 6.96. The van der Waals surface area contributed by atoms with Gasteiger partial charge in [-0.25, -0.2) is 13.1 Å². The monoisotopic (exact) mass is 315 g/mol. The number of nitrogens with one attached hydrogen (secondary N) is 1. The van der Waals surface area contributed by atoms with Gasteiger partial charge >= 0.3 is 0 Å². The molecule has 3 N–H and O–H groups in total. The van der Waals surface area contributed by atoms with Gasteiger partial charge in [-0.15, -0.1) is 0 Å². The van der Waals surface area contributed by atoms with Crippen molar-refractivity contribution >= 4 is 21.6 Å². The number of benzene rings is 1. The fourth-order valence-electron chi connectivity index (χ4n) is 1.44. The van der Waals surface area contributed by atoms with Gasteiger partial charge in [0.05, 0.1) is 5.75 Å². The molecule has 0 unspecified atom stereocenters. The minimum absolute atomic E-state index is 0.0286. The van der Waals surface area contributed by atoms with Crippen molar-refractivity contribution in [3.8, 4) is 5.75 Å². The Hall–Kier alpha value is -1.80. The summed E-state index contributed by atoms with van der Waals surface area (Å²) in [4.78, 5) is 12.7. The second-order valence-corrected chi connectivity index (χ2v) is 6.60. The Kier molecular flexibility index (Phi) is 6.44.